The number of nitrogens with zero attached hydrogens (tertiary/aromatic N) is 4. The minimum Gasteiger partial charge on any atom is -0.366 e. The molecule has 6 nitrogen and oxygen atoms in total. The highest BCUT2D eigenvalue weighted by Crippen LogP contribution is 2.25. The van der Waals surface area contributed by atoms with Gasteiger partial charge in [-0.15, -0.1) is 0 Å². The lowest BCUT2D eigenvalue weighted by Gasteiger charge is -2.38. The van der Waals surface area contributed by atoms with E-state index in [4.69, 9.17) is 0 Å². The number of hydrogen-bond donors (Lipinski definition) is 2. The number of anilines is 1. The van der Waals surface area contributed by atoms with E-state index in [9.17, 15) is 4.39 Å². The predicted octanol–water partition coefficient (Wildman–Crippen LogP) is 1.74. The van der Waals surface area contributed by atoms with Crippen molar-refractivity contribution in [1.82, 2.24) is 20.3 Å². The molecule has 0 radical (unpaired) electrons. The molecule has 2 aliphatic rings. The number of nitrogens with one attached hydrogen (secondary N) is 2. The van der Waals surface area contributed by atoms with Crippen LogP contribution in [0, 0.1) is 5.82 Å². The van der Waals surface area contributed by atoms with Crippen LogP contribution < -0.4 is 20.5 Å². The molecule has 0 spiro atoms. The Morgan fingerprint density at radius 1 is 0.966 bits per heavy atom. The summed E-state index contributed by atoms with van der Waals surface area (Å²) in [5, 5.41) is 9.24. The molecular weight excluding hydrogens is 367 g/mol. The summed E-state index contributed by atoms with van der Waals surface area (Å²) in [5.74, 6) is -0.183. The summed E-state index contributed by atoms with van der Waals surface area (Å²) in [6.07, 6.45) is 2.83. The molecule has 152 valence electrons. The number of imidazole rings is 1. The second kappa shape index (κ2) is 8.00. The van der Waals surface area contributed by atoms with Crippen LogP contribution in [0.4, 0.5) is 10.1 Å². The van der Waals surface area contributed by atoms with E-state index < -0.39 is 0 Å². The second-order valence-electron chi connectivity index (χ2n) is 7.85. The molecule has 0 amide bonds. The van der Waals surface area contributed by atoms with Crippen LogP contribution in [0.15, 0.2) is 48.8 Å². The van der Waals surface area contributed by atoms with Crippen molar-refractivity contribution in [1.29, 1.82) is 0 Å². The lowest BCUT2D eigenvalue weighted by molar-refractivity contribution is 0.473. The zero-order valence-electron chi connectivity index (χ0n) is 16.5. The maximum Gasteiger partial charge on any atom is 0.123 e. The highest BCUT2D eigenvalue weighted by atomic mass is 19.1. The summed E-state index contributed by atoms with van der Waals surface area (Å²) in [5.41, 5.74) is 4.55. The van der Waals surface area contributed by atoms with Gasteiger partial charge in [-0.3, -0.25) is 0 Å². The Bertz CT molecular complexity index is 963. The SMILES string of the molecule is Fc1ccc(CC2CNCCN2c2ccc3c(c2)ncn3N2CCNCC2)cc1. The van der Waals surface area contributed by atoms with Crippen LogP contribution in [-0.4, -0.2) is 61.5 Å². The number of aromatic nitrogens is 2. The zero-order valence-corrected chi connectivity index (χ0v) is 16.5. The first-order valence-corrected chi connectivity index (χ1v) is 10.4. The van der Waals surface area contributed by atoms with Gasteiger partial charge in [-0.25, -0.2) is 14.1 Å². The summed E-state index contributed by atoms with van der Waals surface area (Å²) in [4.78, 5) is 7.15. The molecule has 29 heavy (non-hydrogen) atoms. The van der Waals surface area contributed by atoms with Crippen molar-refractivity contribution in [3.63, 3.8) is 0 Å². The number of rotatable bonds is 4. The van der Waals surface area contributed by atoms with Gasteiger partial charge in [0.05, 0.1) is 11.0 Å². The van der Waals surface area contributed by atoms with Crippen molar-refractivity contribution in [2.24, 2.45) is 0 Å². The lowest BCUT2D eigenvalue weighted by Crippen LogP contribution is -2.52. The Balaban J connectivity index is 1.39. The molecular formula is C22H27FN6. The van der Waals surface area contributed by atoms with Gasteiger partial charge in [0.15, 0.2) is 0 Å². The van der Waals surface area contributed by atoms with Gasteiger partial charge in [-0.1, -0.05) is 12.1 Å². The number of halogens is 1. The van der Waals surface area contributed by atoms with Crippen LogP contribution in [0.25, 0.3) is 11.0 Å². The Kier molecular flexibility index (Phi) is 5.08. The molecule has 2 aliphatic heterocycles. The Hall–Kier alpha value is -2.64. The first-order chi connectivity index (χ1) is 14.3. The summed E-state index contributed by atoms with van der Waals surface area (Å²) in [6.45, 7) is 6.83. The summed E-state index contributed by atoms with van der Waals surface area (Å²) < 4.78 is 15.4. The third-order valence-electron chi connectivity index (χ3n) is 5.98. The first kappa shape index (κ1) is 18.4. The van der Waals surface area contributed by atoms with Crippen LogP contribution in [0.2, 0.25) is 0 Å². The van der Waals surface area contributed by atoms with Crippen LogP contribution in [0.1, 0.15) is 5.56 Å². The summed E-state index contributed by atoms with van der Waals surface area (Å²) in [6, 6.07) is 13.8. The van der Waals surface area contributed by atoms with Crippen molar-refractivity contribution in [3.05, 3.63) is 60.2 Å². The van der Waals surface area contributed by atoms with E-state index in [1.165, 1.54) is 5.69 Å². The van der Waals surface area contributed by atoms with Gasteiger partial charge in [0.25, 0.3) is 0 Å². The van der Waals surface area contributed by atoms with E-state index in [1.807, 2.05) is 18.5 Å². The van der Waals surface area contributed by atoms with Gasteiger partial charge in [0.2, 0.25) is 0 Å². The Morgan fingerprint density at radius 2 is 1.76 bits per heavy atom. The third-order valence-corrected chi connectivity index (χ3v) is 5.98. The van der Waals surface area contributed by atoms with Crippen LogP contribution in [0.3, 0.4) is 0 Å². The van der Waals surface area contributed by atoms with Crippen molar-refractivity contribution in [2.45, 2.75) is 12.5 Å². The van der Waals surface area contributed by atoms with E-state index >= 15 is 0 Å². The highest BCUT2D eigenvalue weighted by molar-refractivity contribution is 5.80. The van der Waals surface area contributed by atoms with E-state index in [-0.39, 0.29) is 5.82 Å². The Labute approximate surface area is 170 Å². The van der Waals surface area contributed by atoms with Gasteiger partial charge in [-0.2, -0.15) is 0 Å². The molecule has 7 heteroatoms. The topological polar surface area (TPSA) is 48.4 Å². The molecule has 0 bridgehead atoms. The van der Waals surface area contributed by atoms with Gasteiger partial charge < -0.3 is 20.5 Å². The van der Waals surface area contributed by atoms with E-state index in [0.29, 0.717) is 6.04 Å². The number of benzene rings is 2. The highest BCUT2D eigenvalue weighted by Gasteiger charge is 2.23. The minimum atomic E-state index is -0.183. The molecule has 1 atom stereocenters. The summed E-state index contributed by atoms with van der Waals surface area (Å²) in [7, 11) is 0. The number of hydrogen-bond acceptors (Lipinski definition) is 5. The molecule has 1 aromatic heterocycles. The van der Waals surface area contributed by atoms with E-state index in [1.54, 1.807) is 12.1 Å². The number of fused-ring (bicyclic) bond motifs is 1. The molecule has 0 aliphatic carbocycles. The molecule has 2 saturated heterocycles. The van der Waals surface area contributed by atoms with E-state index in [2.05, 4.69) is 48.4 Å². The second-order valence-corrected chi connectivity index (χ2v) is 7.85. The molecule has 0 saturated carbocycles. The van der Waals surface area contributed by atoms with Gasteiger partial charge in [0, 0.05) is 57.5 Å². The molecule has 1 unspecified atom stereocenters. The van der Waals surface area contributed by atoms with Gasteiger partial charge >= 0.3 is 0 Å². The maximum absolute atomic E-state index is 13.3. The standard InChI is InChI=1S/C22H27FN6/c23-18-3-1-17(2-4-18)13-20-15-25-9-12-28(20)19-5-6-22-21(14-19)26-16-29(22)27-10-7-24-8-11-27/h1-6,14,16,20,24-25H,7-13,15H2. The summed E-state index contributed by atoms with van der Waals surface area (Å²) >= 11 is 0. The largest absolute Gasteiger partial charge is 0.366 e. The predicted molar refractivity (Wildman–Crippen MR) is 115 cm³/mol. The average molecular weight is 394 g/mol. The van der Waals surface area contributed by atoms with Crippen molar-refractivity contribution in [2.75, 3.05) is 55.7 Å². The average Bonchev–Trinajstić information content (AvgIpc) is 3.20. The molecule has 2 aromatic carbocycles. The molecule has 5 rings (SSSR count). The fourth-order valence-corrected chi connectivity index (χ4v) is 4.44. The fraction of sp³-hybridized carbons (Fsp3) is 0.409. The van der Waals surface area contributed by atoms with Gasteiger partial charge in [0.1, 0.15) is 12.1 Å². The minimum absolute atomic E-state index is 0.183. The van der Waals surface area contributed by atoms with Gasteiger partial charge in [-0.05, 0) is 42.3 Å². The van der Waals surface area contributed by atoms with Crippen LogP contribution in [0.5, 0.6) is 0 Å². The van der Waals surface area contributed by atoms with Crippen molar-refractivity contribution in [3.8, 4) is 0 Å². The Morgan fingerprint density at radius 3 is 2.59 bits per heavy atom. The van der Waals surface area contributed by atoms with E-state index in [0.717, 1.165) is 68.8 Å². The quantitative estimate of drug-likeness (QED) is 0.706. The van der Waals surface area contributed by atoms with Crippen LogP contribution >= 0.6 is 0 Å². The van der Waals surface area contributed by atoms with Crippen molar-refractivity contribution >= 4 is 16.7 Å². The molecule has 2 N–H and O–H groups in total. The molecule has 2 fully saturated rings. The fourth-order valence-electron chi connectivity index (χ4n) is 4.44. The zero-order chi connectivity index (χ0) is 19.6. The third kappa shape index (κ3) is 3.80. The smallest absolute Gasteiger partial charge is 0.123 e. The molecule has 3 heterocycles. The lowest BCUT2D eigenvalue weighted by atomic mass is 10.0. The van der Waals surface area contributed by atoms with Crippen molar-refractivity contribution < 1.29 is 4.39 Å². The molecule has 3 aromatic rings. The first-order valence-electron chi connectivity index (χ1n) is 10.4. The maximum atomic E-state index is 13.3. The van der Waals surface area contributed by atoms with Crippen LogP contribution in [-0.2, 0) is 6.42 Å². The number of piperazine rings is 2. The normalized spacial score (nSPS) is 20.4. The monoisotopic (exact) mass is 394 g/mol.